The second-order valence-electron chi connectivity index (χ2n) is 6.16. The van der Waals surface area contributed by atoms with E-state index in [-0.39, 0.29) is 13.0 Å². The average Bonchev–Trinajstić information content (AvgIpc) is 3.05. The van der Waals surface area contributed by atoms with E-state index in [1.54, 1.807) is 6.92 Å². The van der Waals surface area contributed by atoms with Crippen molar-refractivity contribution < 1.29 is 23.0 Å². The molecular formula is C17H23F2NO3. The summed E-state index contributed by atoms with van der Waals surface area (Å²) in [5.74, 6) is 0.442. The molecule has 1 fully saturated rings. The summed E-state index contributed by atoms with van der Waals surface area (Å²) in [7, 11) is 0. The Morgan fingerprint density at radius 2 is 2.26 bits per heavy atom. The molecule has 128 valence electrons. The molecule has 0 radical (unpaired) electrons. The lowest BCUT2D eigenvalue weighted by atomic mass is 9.79. The highest BCUT2D eigenvalue weighted by Crippen LogP contribution is 2.34. The summed E-state index contributed by atoms with van der Waals surface area (Å²) in [5, 5.41) is 3.37. The number of hydrogen-bond donors (Lipinski definition) is 1. The van der Waals surface area contributed by atoms with Crippen molar-refractivity contribution in [2.24, 2.45) is 5.92 Å². The van der Waals surface area contributed by atoms with E-state index in [0.29, 0.717) is 5.92 Å². The minimum absolute atomic E-state index is 0.116. The third-order valence-electron chi connectivity index (χ3n) is 4.24. The summed E-state index contributed by atoms with van der Waals surface area (Å²) >= 11 is 0. The van der Waals surface area contributed by atoms with E-state index in [1.165, 1.54) is 0 Å². The normalized spacial score (nSPS) is 20.4. The molecule has 1 heterocycles. The Morgan fingerprint density at radius 3 is 2.91 bits per heavy atom. The molecule has 0 saturated carbocycles. The molecule has 0 spiro atoms. The highest BCUT2D eigenvalue weighted by atomic mass is 19.3. The fourth-order valence-corrected chi connectivity index (χ4v) is 2.84. The fraction of sp³-hybridized carbons (Fsp3) is 0.588. The molecule has 1 aromatic carbocycles. The molecule has 1 aliphatic heterocycles. The van der Waals surface area contributed by atoms with E-state index in [0.717, 1.165) is 43.7 Å². The number of anilines is 1. The summed E-state index contributed by atoms with van der Waals surface area (Å²) in [6.45, 7) is 0.965. The third kappa shape index (κ3) is 4.97. The van der Waals surface area contributed by atoms with Gasteiger partial charge in [-0.25, -0.2) is 0 Å². The lowest BCUT2D eigenvalue weighted by Gasteiger charge is -2.30. The zero-order valence-electron chi connectivity index (χ0n) is 13.3. The number of aldehydes is 1. The van der Waals surface area contributed by atoms with Gasteiger partial charge in [0.25, 0.3) is 0 Å². The molecule has 1 saturated heterocycles. The Bertz CT molecular complexity index is 506. The molecule has 2 unspecified atom stereocenters. The van der Waals surface area contributed by atoms with Crippen LogP contribution < -0.4 is 5.32 Å². The lowest BCUT2D eigenvalue weighted by Crippen LogP contribution is -2.31. The van der Waals surface area contributed by atoms with E-state index >= 15 is 0 Å². The van der Waals surface area contributed by atoms with Crippen molar-refractivity contribution >= 4 is 12.0 Å². The van der Waals surface area contributed by atoms with Crippen LogP contribution in [0.1, 0.15) is 25.3 Å². The second-order valence-corrected chi connectivity index (χ2v) is 6.16. The minimum Gasteiger partial charge on any atom is -0.384 e. The van der Waals surface area contributed by atoms with Crippen LogP contribution in [0.15, 0.2) is 24.3 Å². The largest absolute Gasteiger partial charge is 0.384 e. The molecule has 4 nitrogen and oxygen atoms in total. The molecule has 2 rings (SSSR count). The summed E-state index contributed by atoms with van der Waals surface area (Å²) < 4.78 is 34.7. The van der Waals surface area contributed by atoms with Crippen molar-refractivity contribution in [3.63, 3.8) is 0 Å². The van der Waals surface area contributed by atoms with E-state index < -0.39 is 12.0 Å². The number of carbonyl (C=O) groups excluding carboxylic acids is 1. The Hall–Kier alpha value is -1.53. The number of benzene rings is 1. The van der Waals surface area contributed by atoms with Crippen LogP contribution in [-0.4, -0.2) is 39.3 Å². The number of nitrogens with one attached hydrogen (secondary N) is 1. The first-order valence-corrected chi connectivity index (χ1v) is 7.79. The first-order chi connectivity index (χ1) is 11.0. The van der Waals surface area contributed by atoms with Crippen LogP contribution in [0, 0.1) is 5.92 Å². The summed E-state index contributed by atoms with van der Waals surface area (Å²) in [4.78, 5) is 11.0. The number of ether oxygens (including phenoxy) is 2. The van der Waals surface area contributed by atoms with Gasteiger partial charge in [-0.15, -0.1) is 0 Å². The van der Waals surface area contributed by atoms with Gasteiger partial charge in [0.1, 0.15) is 6.29 Å². The van der Waals surface area contributed by atoms with Crippen molar-refractivity contribution in [1.29, 1.82) is 0 Å². The number of halogens is 2. The Labute approximate surface area is 135 Å². The Morgan fingerprint density at radius 1 is 1.48 bits per heavy atom. The maximum absolute atomic E-state index is 12.4. The maximum Gasteiger partial charge on any atom is 0.345 e. The predicted octanol–water partition coefficient (Wildman–Crippen LogP) is 3.22. The molecule has 6 heteroatoms. The van der Waals surface area contributed by atoms with Crippen LogP contribution in [-0.2, 0) is 19.7 Å². The summed E-state index contributed by atoms with van der Waals surface area (Å²) in [5.41, 5.74) is 0.863. The number of hydrogen-bond acceptors (Lipinski definition) is 4. The van der Waals surface area contributed by atoms with Crippen molar-refractivity contribution in [3.8, 4) is 0 Å². The van der Waals surface area contributed by atoms with E-state index in [9.17, 15) is 13.6 Å². The third-order valence-corrected chi connectivity index (χ3v) is 4.24. The monoisotopic (exact) mass is 327 g/mol. The molecule has 0 bridgehead atoms. The average molecular weight is 327 g/mol. The zero-order valence-corrected chi connectivity index (χ0v) is 13.3. The number of para-hydroxylation sites is 1. The predicted molar refractivity (Wildman–Crippen MR) is 83.8 cm³/mol. The summed E-state index contributed by atoms with van der Waals surface area (Å²) in [6.07, 6.45) is 1.87. The highest BCUT2D eigenvalue weighted by Gasteiger charge is 2.30. The van der Waals surface area contributed by atoms with Crippen molar-refractivity contribution in [2.45, 2.75) is 31.8 Å². The standard InChI is InChI=1S/C17H23F2NO3/c1-17(7-8-21,12-23-16(18)19)14-4-2-3-5-15(14)20-10-13-6-9-22-11-13/h2-5,8,13,16,20H,6-7,9-12H2,1H3. The molecule has 1 aliphatic rings. The van der Waals surface area contributed by atoms with Gasteiger partial charge >= 0.3 is 6.61 Å². The highest BCUT2D eigenvalue weighted by molar-refractivity contribution is 5.60. The zero-order chi connectivity index (χ0) is 16.7. The van der Waals surface area contributed by atoms with Crippen LogP contribution >= 0.6 is 0 Å². The minimum atomic E-state index is -2.85. The molecule has 0 aliphatic carbocycles. The van der Waals surface area contributed by atoms with E-state index in [2.05, 4.69) is 10.1 Å². The van der Waals surface area contributed by atoms with Crippen LogP contribution in [0.3, 0.4) is 0 Å². The molecule has 0 amide bonds. The second kappa shape index (κ2) is 8.36. The lowest BCUT2D eigenvalue weighted by molar-refractivity contribution is -0.142. The van der Waals surface area contributed by atoms with Crippen LogP contribution in [0.5, 0.6) is 0 Å². The van der Waals surface area contributed by atoms with Gasteiger partial charge in [0.05, 0.1) is 13.2 Å². The van der Waals surface area contributed by atoms with Crippen molar-refractivity contribution in [1.82, 2.24) is 0 Å². The van der Waals surface area contributed by atoms with Gasteiger partial charge in [0.2, 0.25) is 0 Å². The van der Waals surface area contributed by atoms with Gasteiger partial charge in [-0.2, -0.15) is 8.78 Å². The van der Waals surface area contributed by atoms with E-state index in [4.69, 9.17) is 4.74 Å². The van der Waals surface area contributed by atoms with Gasteiger partial charge in [-0.1, -0.05) is 25.1 Å². The number of carbonyl (C=O) groups is 1. The van der Waals surface area contributed by atoms with Crippen LogP contribution in [0.25, 0.3) is 0 Å². The fourth-order valence-electron chi connectivity index (χ4n) is 2.84. The smallest absolute Gasteiger partial charge is 0.345 e. The van der Waals surface area contributed by atoms with Gasteiger partial charge in [0, 0.05) is 36.6 Å². The number of alkyl halides is 2. The van der Waals surface area contributed by atoms with Gasteiger partial charge in [0.15, 0.2) is 0 Å². The first kappa shape index (κ1) is 17.8. The molecule has 1 aromatic rings. The molecule has 23 heavy (non-hydrogen) atoms. The van der Waals surface area contributed by atoms with Gasteiger partial charge < -0.3 is 19.6 Å². The van der Waals surface area contributed by atoms with Gasteiger partial charge in [-0.3, -0.25) is 0 Å². The summed E-state index contributed by atoms with van der Waals surface area (Å²) in [6, 6.07) is 7.47. The maximum atomic E-state index is 12.4. The first-order valence-electron chi connectivity index (χ1n) is 7.79. The topological polar surface area (TPSA) is 47.6 Å². The molecule has 2 atom stereocenters. The molecular weight excluding hydrogens is 304 g/mol. The van der Waals surface area contributed by atoms with Crippen LogP contribution in [0.2, 0.25) is 0 Å². The molecule has 1 N–H and O–H groups in total. The van der Waals surface area contributed by atoms with Crippen LogP contribution in [0.4, 0.5) is 14.5 Å². The van der Waals surface area contributed by atoms with Gasteiger partial charge in [-0.05, 0) is 18.1 Å². The Kier molecular flexibility index (Phi) is 6.47. The van der Waals surface area contributed by atoms with E-state index in [1.807, 2.05) is 24.3 Å². The van der Waals surface area contributed by atoms with Crippen molar-refractivity contribution in [2.75, 3.05) is 31.7 Å². The van der Waals surface area contributed by atoms with Crippen molar-refractivity contribution in [3.05, 3.63) is 29.8 Å². The quantitative estimate of drug-likeness (QED) is 0.708. The SMILES string of the molecule is CC(CC=O)(COC(F)F)c1ccccc1NCC1CCOC1. The molecule has 0 aromatic heterocycles. The Balaban J connectivity index is 2.15. The number of rotatable bonds is 9.